The van der Waals surface area contributed by atoms with Crippen LogP contribution in [0.4, 0.5) is 0 Å². The molecular weight excluding hydrogens is 512 g/mol. The third-order valence-electron chi connectivity index (χ3n) is 6.33. The Morgan fingerprint density at radius 3 is 1.49 bits per heavy atom. The molecule has 0 aromatic heterocycles. The molecule has 0 unspecified atom stereocenters. The van der Waals surface area contributed by atoms with E-state index in [0.717, 1.165) is 16.7 Å². The number of rotatable bonds is 14. The van der Waals surface area contributed by atoms with E-state index >= 15 is 0 Å². The van der Waals surface area contributed by atoms with Gasteiger partial charge in [-0.25, -0.2) is 0 Å². The molecule has 0 bridgehead atoms. The topological polar surface area (TPSA) is 65.0 Å². The number of carbonyl (C=O) groups excluding carboxylic acids is 1. The van der Waals surface area contributed by atoms with Gasteiger partial charge in [0.2, 0.25) is 0 Å². The van der Waals surface area contributed by atoms with Gasteiger partial charge < -0.3 is 19.3 Å². The summed E-state index contributed by atoms with van der Waals surface area (Å²) >= 11 is 6.09. The zero-order valence-electron chi connectivity index (χ0n) is 21.9. The maximum absolute atomic E-state index is 13.9. The monoisotopic (exact) mass is 544 g/mol. The number of aliphatic hydroxyl groups excluding tert-OH is 1. The average Bonchev–Trinajstić information content (AvgIpc) is 2.97. The summed E-state index contributed by atoms with van der Waals surface area (Å²) in [7, 11) is 0. The van der Waals surface area contributed by atoms with Crippen molar-refractivity contribution in [1.29, 1.82) is 0 Å². The van der Waals surface area contributed by atoms with Gasteiger partial charge in [0.25, 0.3) is 0 Å². The van der Waals surface area contributed by atoms with Crippen LogP contribution in [0.3, 0.4) is 0 Å². The molecule has 0 saturated heterocycles. The lowest BCUT2D eigenvalue weighted by atomic mass is 9.95. The lowest BCUT2D eigenvalue weighted by Crippen LogP contribution is -2.50. The second-order valence-electron chi connectivity index (χ2n) is 9.35. The Balaban J connectivity index is 1.67. The Hall–Kier alpha value is -3.32. The summed E-state index contributed by atoms with van der Waals surface area (Å²) in [5, 5.41) is 11.4. The molecule has 0 aliphatic heterocycles. The van der Waals surface area contributed by atoms with Crippen molar-refractivity contribution < 1.29 is 24.1 Å². The van der Waals surface area contributed by atoms with Gasteiger partial charge in [0, 0.05) is 10.6 Å². The van der Waals surface area contributed by atoms with Crippen LogP contribution in [0.15, 0.2) is 115 Å². The molecule has 202 valence electrons. The Labute approximate surface area is 234 Å². The fraction of sp³-hybridized carbons (Fsp3) is 0.242. The number of hydrogen-bond acceptors (Lipinski definition) is 5. The fourth-order valence-electron chi connectivity index (χ4n) is 4.25. The van der Waals surface area contributed by atoms with Crippen LogP contribution in [0, 0.1) is 0 Å². The molecule has 4 aromatic carbocycles. The van der Waals surface area contributed by atoms with Crippen LogP contribution in [0.1, 0.15) is 34.0 Å². The lowest BCUT2D eigenvalue weighted by Gasteiger charge is -2.34. The molecular formula is C33H33ClO5. The first kappa shape index (κ1) is 28.7. The number of Topliss-reactive ketones (excluding diaryl/α,β-unsaturated/α-hetero) is 1. The molecule has 0 fully saturated rings. The smallest absolute Gasteiger partial charge is 0.194 e. The summed E-state index contributed by atoms with van der Waals surface area (Å²) in [6.07, 6.45) is -3.78. The number of hydrogen-bond donors (Lipinski definition) is 1. The van der Waals surface area contributed by atoms with Crippen molar-refractivity contribution in [2.45, 2.75) is 51.2 Å². The summed E-state index contributed by atoms with van der Waals surface area (Å²) in [5.74, 6) is -0.283. The summed E-state index contributed by atoms with van der Waals surface area (Å²) in [6, 6.07) is 35.6. The van der Waals surface area contributed by atoms with Crippen molar-refractivity contribution in [3.63, 3.8) is 0 Å². The highest BCUT2D eigenvalue weighted by atomic mass is 35.5. The van der Waals surface area contributed by atoms with Crippen LogP contribution in [-0.2, 0) is 34.0 Å². The van der Waals surface area contributed by atoms with Crippen LogP contribution in [0.25, 0.3) is 0 Å². The fourth-order valence-corrected chi connectivity index (χ4v) is 4.38. The van der Waals surface area contributed by atoms with Crippen molar-refractivity contribution in [2.75, 3.05) is 0 Å². The molecule has 4 aromatic rings. The number of benzene rings is 4. The van der Waals surface area contributed by atoms with Crippen molar-refractivity contribution in [3.8, 4) is 0 Å². The van der Waals surface area contributed by atoms with Gasteiger partial charge in [-0.2, -0.15) is 0 Å². The van der Waals surface area contributed by atoms with Gasteiger partial charge in [0.15, 0.2) is 5.78 Å². The first-order valence-electron chi connectivity index (χ1n) is 13.0. The Kier molecular flexibility index (Phi) is 10.8. The molecule has 4 atom stereocenters. The van der Waals surface area contributed by atoms with Gasteiger partial charge in [-0.15, -0.1) is 0 Å². The first-order valence-corrected chi connectivity index (χ1v) is 13.3. The van der Waals surface area contributed by atoms with E-state index in [9.17, 15) is 9.90 Å². The van der Waals surface area contributed by atoms with E-state index in [-0.39, 0.29) is 25.6 Å². The normalized spacial score (nSPS) is 14.3. The maximum Gasteiger partial charge on any atom is 0.194 e. The number of halogens is 1. The minimum absolute atomic E-state index is 0.182. The molecule has 6 heteroatoms. The minimum Gasteiger partial charge on any atom is -0.391 e. The van der Waals surface area contributed by atoms with Crippen molar-refractivity contribution in [1.82, 2.24) is 0 Å². The second-order valence-corrected chi connectivity index (χ2v) is 9.79. The largest absolute Gasteiger partial charge is 0.391 e. The van der Waals surface area contributed by atoms with E-state index in [2.05, 4.69) is 0 Å². The van der Waals surface area contributed by atoms with Gasteiger partial charge in [-0.1, -0.05) is 103 Å². The van der Waals surface area contributed by atoms with E-state index in [1.54, 1.807) is 31.2 Å². The van der Waals surface area contributed by atoms with Gasteiger partial charge in [-0.05, 0) is 47.9 Å². The van der Waals surface area contributed by atoms with Crippen molar-refractivity contribution >= 4 is 17.4 Å². The number of ether oxygens (including phenoxy) is 3. The molecule has 0 aliphatic carbocycles. The summed E-state index contributed by atoms with van der Waals surface area (Å²) < 4.78 is 19.0. The highest BCUT2D eigenvalue weighted by molar-refractivity contribution is 6.30. The quantitative estimate of drug-likeness (QED) is 0.180. The van der Waals surface area contributed by atoms with Crippen molar-refractivity contribution in [2.24, 2.45) is 0 Å². The van der Waals surface area contributed by atoms with Gasteiger partial charge >= 0.3 is 0 Å². The van der Waals surface area contributed by atoms with E-state index in [4.69, 9.17) is 25.8 Å². The zero-order valence-corrected chi connectivity index (χ0v) is 22.6. The average molecular weight is 545 g/mol. The van der Waals surface area contributed by atoms with Crippen molar-refractivity contribution in [3.05, 3.63) is 143 Å². The zero-order chi connectivity index (χ0) is 27.5. The molecule has 1 N–H and O–H groups in total. The predicted molar refractivity (Wildman–Crippen MR) is 153 cm³/mol. The van der Waals surface area contributed by atoms with Gasteiger partial charge in [0.05, 0.1) is 25.9 Å². The molecule has 0 radical (unpaired) electrons. The van der Waals surface area contributed by atoms with Crippen LogP contribution < -0.4 is 0 Å². The predicted octanol–water partition coefficient (Wildman–Crippen LogP) is 6.66. The summed E-state index contributed by atoms with van der Waals surface area (Å²) in [4.78, 5) is 13.9. The molecule has 0 aliphatic rings. The highest BCUT2D eigenvalue weighted by Crippen LogP contribution is 2.24. The van der Waals surface area contributed by atoms with Gasteiger partial charge in [0.1, 0.15) is 18.3 Å². The second kappa shape index (κ2) is 14.7. The molecule has 0 heterocycles. The Bertz CT molecular complexity index is 1260. The minimum atomic E-state index is -1.06. The summed E-state index contributed by atoms with van der Waals surface area (Å²) in [5.41, 5.74) is 3.21. The third kappa shape index (κ3) is 8.59. The molecule has 0 amide bonds. The van der Waals surface area contributed by atoms with Crippen LogP contribution >= 0.6 is 11.6 Å². The maximum atomic E-state index is 13.9. The van der Waals surface area contributed by atoms with Crippen LogP contribution in [-0.4, -0.2) is 35.3 Å². The van der Waals surface area contributed by atoms with Crippen LogP contribution in [0.2, 0.25) is 5.02 Å². The van der Waals surface area contributed by atoms with Gasteiger partial charge in [-0.3, -0.25) is 4.79 Å². The number of aliphatic hydroxyl groups is 1. The van der Waals surface area contributed by atoms with E-state index < -0.39 is 24.4 Å². The Morgan fingerprint density at radius 2 is 1.05 bits per heavy atom. The molecule has 4 rings (SSSR count). The molecule has 5 nitrogen and oxygen atoms in total. The van der Waals surface area contributed by atoms with Crippen LogP contribution in [0.5, 0.6) is 0 Å². The molecule has 0 saturated carbocycles. The van der Waals surface area contributed by atoms with E-state index in [1.165, 1.54) is 0 Å². The number of ketones is 1. The summed E-state index contributed by atoms with van der Waals surface area (Å²) in [6.45, 7) is 2.27. The lowest BCUT2D eigenvalue weighted by molar-refractivity contribution is -0.165. The number of carbonyl (C=O) groups is 1. The molecule has 0 spiro atoms. The SMILES string of the molecule is C[C@@H](O)[C@H](OCc1ccccc1)[C@H](OCc1ccccc1)[C@@H](OCc1ccccc1)C(=O)c1ccc(Cl)cc1. The van der Waals surface area contributed by atoms with E-state index in [1.807, 2.05) is 91.0 Å². The Morgan fingerprint density at radius 1 is 0.641 bits per heavy atom. The standard InChI is InChI=1S/C33H33ClO5/c1-24(35)31(37-21-25-11-5-2-6-12-25)33(39-23-27-15-9-4-10-16-27)32(38-22-26-13-7-3-8-14-26)30(36)28-17-19-29(34)20-18-28/h2-20,24,31-33,35H,21-23H2,1H3/t24-,31+,32+,33+/m1/s1. The third-order valence-corrected chi connectivity index (χ3v) is 6.58. The van der Waals surface area contributed by atoms with E-state index in [0.29, 0.717) is 10.6 Å². The first-order chi connectivity index (χ1) is 19.0. The highest BCUT2D eigenvalue weighted by Gasteiger charge is 2.40. The molecule has 39 heavy (non-hydrogen) atoms.